The van der Waals surface area contributed by atoms with Crippen molar-refractivity contribution in [3.05, 3.63) is 54.5 Å². The molecule has 0 radical (unpaired) electrons. The molecule has 0 fully saturated rings. The van der Waals surface area contributed by atoms with Gasteiger partial charge in [0.1, 0.15) is 17.1 Å². The van der Waals surface area contributed by atoms with Crippen LogP contribution >= 0.6 is 0 Å². The van der Waals surface area contributed by atoms with Crippen molar-refractivity contribution in [3.8, 4) is 22.7 Å². The first-order chi connectivity index (χ1) is 10.3. The van der Waals surface area contributed by atoms with Crippen LogP contribution in [0.5, 0.6) is 5.75 Å². The van der Waals surface area contributed by atoms with Crippen molar-refractivity contribution >= 4 is 0 Å². The van der Waals surface area contributed by atoms with Gasteiger partial charge in [-0.25, -0.2) is 4.68 Å². The van der Waals surface area contributed by atoms with E-state index in [-0.39, 0.29) is 0 Å². The maximum absolute atomic E-state index is 5.77. The lowest BCUT2D eigenvalue weighted by Crippen LogP contribution is -2.03. The third kappa shape index (κ3) is 2.48. The van der Waals surface area contributed by atoms with Gasteiger partial charge in [0.05, 0.1) is 12.8 Å². The Morgan fingerprint density at radius 3 is 2.86 bits per heavy atom. The average Bonchev–Trinajstić information content (AvgIpc) is 2.99. The third-order valence-corrected chi connectivity index (χ3v) is 3.17. The first-order valence-corrected chi connectivity index (χ1v) is 6.53. The Kier molecular flexibility index (Phi) is 3.61. The largest absolute Gasteiger partial charge is 0.497 e. The van der Waals surface area contributed by atoms with Gasteiger partial charge >= 0.3 is 0 Å². The van der Waals surface area contributed by atoms with Gasteiger partial charge in [0, 0.05) is 30.6 Å². The lowest BCUT2D eigenvalue weighted by atomic mass is 10.1. The molecule has 0 saturated carbocycles. The minimum Gasteiger partial charge on any atom is -0.497 e. The molecule has 0 bridgehead atoms. The fraction of sp³-hybridized carbons (Fsp3) is 0.133. The number of nitrogens with two attached hydrogens (primary N) is 1. The molecule has 0 saturated heterocycles. The number of benzene rings is 1. The van der Waals surface area contributed by atoms with Gasteiger partial charge < -0.3 is 10.5 Å². The molecule has 0 aliphatic carbocycles. The van der Waals surface area contributed by atoms with E-state index in [1.807, 2.05) is 36.4 Å². The molecule has 106 valence electrons. The fourth-order valence-electron chi connectivity index (χ4n) is 2.17. The topological polar surface area (TPSA) is 78.8 Å². The Labute approximate surface area is 122 Å². The summed E-state index contributed by atoms with van der Waals surface area (Å²) in [5, 5.41) is 8.37. The predicted octanol–water partition coefficient (Wildman–Crippen LogP) is 1.80. The number of nitrogens with zero attached hydrogens (tertiary/aromatic N) is 4. The van der Waals surface area contributed by atoms with E-state index in [1.54, 1.807) is 24.2 Å². The lowest BCUT2D eigenvalue weighted by molar-refractivity contribution is 0.414. The smallest absolute Gasteiger partial charge is 0.121 e. The maximum atomic E-state index is 5.77. The van der Waals surface area contributed by atoms with Crippen LogP contribution in [0, 0.1) is 0 Å². The molecule has 6 heteroatoms. The van der Waals surface area contributed by atoms with Crippen LogP contribution in [0.2, 0.25) is 0 Å². The summed E-state index contributed by atoms with van der Waals surface area (Å²) in [6.07, 6.45) is 3.50. The van der Waals surface area contributed by atoms with E-state index in [9.17, 15) is 0 Å². The second kappa shape index (κ2) is 5.72. The van der Waals surface area contributed by atoms with Crippen LogP contribution in [0.1, 0.15) is 5.69 Å². The van der Waals surface area contributed by atoms with Gasteiger partial charge in [0.25, 0.3) is 0 Å². The molecule has 3 aromatic rings. The lowest BCUT2D eigenvalue weighted by Gasteiger charge is -2.08. The molecule has 2 aromatic heterocycles. The fourth-order valence-corrected chi connectivity index (χ4v) is 2.17. The standard InChI is InChI=1S/C15H15N5O/c1-21-13-6-2-5-12(8-13)20-15(14(9-16)18-19-20)11-4-3-7-17-10-11/h2-8,10H,9,16H2,1H3. The van der Waals surface area contributed by atoms with Gasteiger partial charge in [-0.3, -0.25) is 4.98 Å². The van der Waals surface area contributed by atoms with Crippen molar-refractivity contribution in [1.29, 1.82) is 0 Å². The number of methoxy groups -OCH3 is 1. The van der Waals surface area contributed by atoms with E-state index in [0.29, 0.717) is 6.54 Å². The van der Waals surface area contributed by atoms with E-state index < -0.39 is 0 Å². The minimum atomic E-state index is 0.314. The average molecular weight is 281 g/mol. The zero-order chi connectivity index (χ0) is 14.7. The molecule has 0 spiro atoms. The Bertz CT molecular complexity index is 739. The summed E-state index contributed by atoms with van der Waals surface area (Å²) in [5.74, 6) is 0.759. The number of pyridine rings is 1. The number of rotatable bonds is 4. The molecule has 2 N–H and O–H groups in total. The molecular weight excluding hydrogens is 266 g/mol. The Balaban J connectivity index is 2.17. The van der Waals surface area contributed by atoms with Crippen molar-refractivity contribution in [2.24, 2.45) is 5.73 Å². The molecule has 0 amide bonds. The summed E-state index contributed by atoms with van der Waals surface area (Å²) >= 11 is 0. The summed E-state index contributed by atoms with van der Waals surface area (Å²) in [5.41, 5.74) is 9.13. The third-order valence-electron chi connectivity index (χ3n) is 3.17. The van der Waals surface area contributed by atoms with Crippen LogP contribution in [0.15, 0.2) is 48.8 Å². The number of hydrogen-bond acceptors (Lipinski definition) is 5. The highest BCUT2D eigenvalue weighted by molar-refractivity contribution is 5.63. The maximum Gasteiger partial charge on any atom is 0.121 e. The van der Waals surface area contributed by atoms with Crippen molar-refractivity contribution in [2.45, 2.75) is 6.54 Å². The highest BCUT2D eigenvalue weighted by Gasteiger charge is 2.15. The molecule has 0 atom stereocenters. The first kappa shape index (κ1) is 13.3. The van der Waals surface area contributed by atoms with E-state index in [1.165, 1.54) is 0 Å². The molecule has 1 aromatic carbocycles. The van der Waals surface area contributed by atoms with Crippen LogP contribution in [0.3, 0.4) is 0 Å². The number of hydrogen-bond donors (Lipinski definition) is 1. The molecule has 21 heavy (non-hydrogen) atoms. The Morgan fingerprint density at radius 2 is 2.14 bits per heavy atom. The molecule has 0 unspecified atom stereocenters. The van der Waals surface area contributed by atoms with Gasteiger partial charge in [0.2, 0.25) is 0 Å². The summed E-state index contributed by atoms with van der Waals surface area (Å²) in [7, 11) is 1.63. The second-order valence-electron chi connectivity index (χ2n) is 4.44. The van der Waals surface area contributed by atoms with Gasteiger partial charge in [-0.05, 0) is 24.3 Å². The summed E-state index contributed by atoms with van der Waals surface area (Å²) in [6.45, 7) is 0.314. The van der Waals surface area contributed by atoms with Gasteiger partial charge in [-0.2, -0.15) is 0 Å². The van der Waals surface area contributed by atoms with Crippen molar-refractivity contribution in [1.82, 2.24) is 20.0 Å². The summed E-state index contributed by atoms with van der Waals surface area (Å²) in [6, 6.07) is 11.5. The SMILES string of the molecule is COc1cccc(-n2nnc(CN)c2-c2cccnc2)c1. The van der Waals surface area contributed by atoms with Crippen molar-refractivity contribution < 1.29 is 4.74 Å². The van der Waals surface area contributed by atoms with Crippen LogP contribution in [-0.4, -0.2) is 27.1 Å². The number of aromatic nitrogens is 4. The van der Waals surface area contributed by atoms with Gasteiger partial charge in [0.15, 0.2) is 0 Å². The van der Waals surface area contributed by atoms with Gasteiger partial charge in [-0.1, -0.05) is 11.3 Å². The zero-order valence-electron chi connectivity index (χ0n) is 11.6. The zero-order valence-corrected chi connectivity index (χ0v) is 11.6. The van der Waals surface area contributed by atoms with Crippen molar-refractivity contribution in [2.75, 3.05) is 7.11 Å². The summed E-state index contributed by atoms with van der Waals surface area (Å²) in [4.78, 5) is 4.15. The Morgan fingerprint density at radius 1 is 1.24 bits per heavy atom. The highest BCUT2D eigenvalue weighted by Crippen LogP contribution is 2.25. The predicted molar refractivity (Wildman–Crippen MR) is 79.0 cm³/mol. The van der Waals surface area contributed by atoms with Crippen LogP contribution in [-0.2, 0) is 6.54 Å². The minimum absolute atomic E-state index is 0.314. The molecule has 3 rings (SSSR count). The summed E-state index contributed by atoms with van der Waals surface area (Å²) < 4.78 is 7.01. The van der Waals surface area contributed by atoms with Gasteiger partial charge in [-0.15, -0.1) is 5.10 Å². The Hall–Kier alpha value is -2.73. The second-order valence-corrected chi connectivity index (χ2v) is 4.44. The highest BCUT2D eigenvalue weighted by atomic mass is 16.5. The quantitative estimate of drug-likeness (QED) is 0.788. The molecule has 0 aliphatic rings. The van der Waals surface area contributed by atoms with E-state index >= 15 is 0 Å². The molecule has 6 nitrogen and oxygen atoms in total. The van der Waals surface area contributed by atoms with E-state index in [2.05, 4.69) is 15.3 Å². The van der Waals surface area contributed by atoms with Crippen molar-refractivity contribution in [3.63, 3.8) is 0 Å². The van der Waals surface area contributed by atoms with Crippen LogP contribution in [0.4, 0.5) is 0 Å². The number of ether oxygens (including phenoxy) is 1. The monoisotopic (exact) mass is 281 g/mol. The normalized spacial score (nSPS) is 10.6. The molecule has 0 aliphatic heterocycles. The van der Waals surface area contributed by atoms with Crippen LogP contribution < -0.4 is 10.5 Å². The van der Waals surface area contributed by atoms with Crippen LogP contribution in [0.25, 0.3) is 16.9 Å². The molecule has 2 heterocycles. The molecular formula is C15H15N5O. The first-order valence-electron chi connectivity index (χ1n) is 6.53. The van der Waals surface area contributed by atoms with E-state index in [0.717, 1.165) is 28.4 Å². The van der Waals surface area contributed by atoms with E-state index in [4.69, 9.17) is 10.5 Å².